The molecule has 2 aromatic carbocycles. The maximum absolute atomic E-state index is 12.3. The second-order valence-corrected chi connectivity index (χ2v) is 6.30. The van der Waals surface area contributed by atoms with Crippen molar-refractivity contribution in [1.82, 2.24) is 0 Å². The Morgan fingerprint density at radius 2 is 1.75 bits per heavy atom. The van der Waals surface area contributed by atoms with Gasteiger partial charge in [-0.2, -0.15) is 0 Å². The molecule has 0 bridgehead atoms. The number of nitrogens with one attached hydrogen (secondary N) is 1. The first-order valence-electron chi connectivity index (χ1n) is 6.95. The third kappa shape index (κ3) is 5.00. The lowest BCUT2D eigenvalue weighted by Crippen LogP contribution is -2.12. The molecule has 1 N–H and O–H groups in total. The van der Waals surface area contributed by atoms with E-state index in [9.17, 15) is 13.2 Å². The van der Waals surface area contributed by atoms with Gasteiger partial charge in [-0.3, -0.25) is 4.72 Å². The molecule has 6 heteroatoms. The number of allylic oxidation sites excluding steroid dienone is 1. The zero-order valence-electron chi connectivity index (χ0n) is 12.9. The van der Waals surface area contributed by atoms with Crippen LogP contribution in [0.1, 0.15) is 5.56 Å². The molecular weight excluding hydrogens is 326 g/mol. The van der Waals surface area contributed by atoms with Crippen molar-refractivity contribution in [2.75, 3.05) is 11.8 Å². The Kier molecular flexibility index (Phi) is 5.77. The summed E-state index contributed by atoms with van der Waals surface area (Å²) in [6, 6.07) is 14.8. The van der Waals surface area contributed by atoms with E-state index in [1.807, 2.05) is 0 Å². The van der Waals surface area contributed by atoms with Crippen molar-refractivity contribution in [3.8, 4) is 11.8 Å². The lowest BCUT2D eigenvalue weighted by Gasteiger charge is -2.07. The second kappa shape index (κ2) is 7.99. The third-order valence-corrected chi connectivity index (χ3v) is 4.31. The summed E-state index contributed by atoms with van der Waals surface area (Å²) in [5.74, 6) is 4.97. The molecule has 0 unspecified atom stereocenters. The standard InChI is InChI=1S/C18H15NO4S/c1-23-18(20)10-6-5-7-15-11-13-17(14-12-15)24(21,22)19-16-8-3-2-4-9-16/h2-4,6,8-14,19H,1H3/b10-6+. The Labute approximate surface area is 141 Å². The second-order valence-electron chi connectivity index (χ2n) is 4.62. The Balaban J connectivity index is 2.10. The van der Waals surface area contributed by atoms with Gasteiger partial charge in [0.15, 0.2) is 0 Å². The maximum Gasteiger partial charge on any atom is 0.331 e. The summed E-state index contributed by atoms with van der Waals surface area (Å²) < 4.78 is 31.5. The van der Waals surface area contributed by atoms with Crippen LogP contribution in [0.2, 0.25) is 0 Å². The molecule has 5 nitrogen and oxygen atoms in total. The van der Waals surface area contributed by atoms with Crippen LogP contribution in [0.15, 0.2) is 71.6 Å². The van der Waals surface area contributed by atoms with Gasteiger partial charge >= 0.3 is 5.97 Å². The van der Waals surface area contributed by atoms with E-state index in [0.717, 1.165) is 0 Å². The molecule has 24 heavy (non-hydrogen) atoms. The molecular formula is C18H15NO4S. The molecule has 2 rings (SSSR count). The fourth-order valence-corrected chi connectivity index (χ4v) is 2.80. The minimum Gasteiger partial charge on any atom is -0.466 e. The quantitative estimate of drug-likeness (QED) is 0.527. The van der Waals surface area contributed by atoms with Gasteiger partial charge in [0, 0.05) is 17.3 Å². The molecule has 0 spiro atoms. The molecule has 0 radical (unpaired) electrons. The van der Waals surface area contributed by atoms with Crippen molar-refractivity contribution in [2.45, 2.75) is 4.90 Å². The van der Waals surface area contributed by atoms with Gasteiger partial charge in [0.05, 0.1) is 12.0 Å². The Bertz CT molecular complexity index is 890. The number of rotatable bonds is 4. The molecule has 0 aromatic heterocycles. The summed E-state index contributed by atoms with van der Waals surface area (Å²) in [6.45, 7) is 0. The number of hydrogen-bond donors (Lipinski definition) is 1. The molecule has 122 valence electrons. The molecule has 0 fully saturated rings. The lowest BCUT2D eigenvalue weighted by molar-refractivity contribution is -0.134. The highest BCUT2D eigenvalue weighted by molar-refractivity contribution is 7.92. The van der Waals surface area contributed by atoms with E-state index in [-0.39, 0.29) is 4.90 Å². The van der Waals surface area contributed by atoms with Crippen molar-refractivity contribution < 1.29 is 17.9 Å². The Hall–Kier alpha value is -3.04. The summed E-state index contributed by atoms with van der Waals surface area (Å²) in [5, 5.41) is 0. The van der Waals surface area contributed by atoms with Crippen LogP contribution < -0.4 is 4.72 Å². The first-order chi connectivity index (χ1) is 11.5. The number of sulfonamides is 1. The zero-order chi connectivity index (χ0) is 17.4. The molecule has 0 saturated carbocycles. The Morgan fingerprint density at radius 1 is 1.08 bits per heavy atom. The normalized spacial score (nSPS) is 10.7. The fraction of sp³-hybridized carbons (Fsp3) is 0.0556. The number of hydrogen-bond acceptors (Lipinski definition) is 4. The van der Waals surface area contributed by atoms with Crippen LogP contribution in [-0.2, 0) is 19.6 Å². The van der Waals surface area contributed by atoms with Crippen LogP contribution in [0, 0.1) is 11.8 Å². The van der Waals surface area contributed by atoms with E-state index in [0.29, 0.717) is 11.3 Å². The van der Waals surface area contributed by atoms with Crippen molar-refractivity contribution >= 4 is 21.7 Å². The predicted molar refractivity (Wildman–Crippen MR) is 91.7 cm³/mol. The molecule has 0 atom stereocenters. The largest absolute Gasteiger partial charge is 0.466 e. The van der Waals surface area contributed by atoms with E-state index in [2.05, 4.69) is 21.3 Å². The fourth-order valence-electron chi connectivity index (χ4n) is 1.74. The molecule has 2 aromatic rings. The minimum atomic E-state index is -3.64. The summed E-state index contributed by atoms with van der Waals surface area (Å²) in [4.78, 5) is 11.0. The molecule has 0 saturated heterocycles. The molecule has 0 aliphatic carbocycles. The van der Waals surface area contributed by atoms with E-state index in [4.69, 9.17) is 0 Å². The number of benzene rings is 2. The van der Waals surface area contributed by atoms with Crippen molar-refractivity contribution in [2.24, 2.45) is 0 Å². The van der Waals surface area contributed by atoms with E-state index in [1.54, 1.807) is 42.5 Å². The maximum atomic E-state index is 12.3. The highest BCUT2D eigenvalue weighted by Gasteiger charge is 2.13. The number of para-hydroxylation sites is 1. The predicted octanol–water partition coefficient (Wildman–Crippen LogP) is 2.57. The van der Waals surface area contributed by atoms with Gasteiger partial charge in [0.25, 0.3) is 10.0 Å². The molecule has 0 aliphatic rings. The van der Waals surface area contributed by atoms with Crippen molar-refractivity contribution in [1.29, 1.82) is 0 Å². The zero-order valence-corrected chi connectivity index (χ0v) is 13.7. The van der Waals surface area contributed by atoms with E-state index < -0.39 is 16.0 Å². The highest BCUT2D eigenvalue weighted by Crippen LogP contribution is 2.16. The van der Waals surface area contributed by atoms with Gasteiger partial charge in [0.1, 0.15) is 0 Å². The van der Waals surface area contributed by atoms with Crippen LogP contribution in [0.3, 0.4) is 0 Å². The number of carbonyl (C=O) groups excluding carboxylic acids is 1. The molecule has 0 aliphatic heterocycles. The third-order valence-electron chi connectivity index (χ3n) is 2.91. The van der Waals surface area contributed by atoms with Gasteiger partial charge in [-0.25, -0.2) is 13.2 Å². The molecule has 0 amide bonds. The summed E-state index contributed by atoms with van der Waals surface area (Å²) in [5.41, 5.74) is 1.12. The van der Waals surface area contributed by atoms with E-state index >= 15 is 0 Å². The smallest absolute Gasteiger partial charge is 0.331 e. The SMILES string of the molecule is COC(=O)/C=C/C#Cc1ccc(S(=O)(=O)Nc2ccccc2)cc1. The highest BCUT2D eigenvalue weighted by atomic mass is 32.2. The summed E-state index contributed by atoms with van der Waals surface area (Å²) in [7, 11) is -2.36. The van der Waals surface area contributed by atoms with Crippen LogP contribution >= 0.6 is 0 Å². The first-order valence-corrected chi connectivity index (χ1v) is 8.43. The van der Waals surface area contributed by atoms with E-state index in [1.165, 1.54) is 31.4 Å². The molecule has 0 heterocycles. The lowest BCUT2D eigenvalue weighted by atomic mass is 10.2. The number of carbonyl (C=O) groups is 1. The average molecular weight is 341 g/mol. The van der Waals surface area contributed by atoms with Gasteiger partial charge < -0.3 is 4.74 Å². The van der Waals surface area contributed by atoms with Gasteiger partial charge in [-0.05, 0) is 42.5 Å². The summed E-state index contributed by atoms with van der Waals surface area (Å²) >= 11 is 0. The number of ether oxygens (including phenoxy) is 1. The van der Waals surface area contributed by atoms with Gasteiger partial charge in [-0.15, -0.1) is 0 Å². The van der Waals surface area contributed by atoms with Gasteiger partial charge in [0.2, 0.25) is 0 Å². The Morgan fingerprint density at radius 3 is 2.38 bits per heavy atom. The topological polar surface area (TPSA) is 72.5 Å². The van der Waals surface area contributed by atoms with Crippen LogP contribution in [0.4, 0.5) is 5.69 Å². The van der Waals surface area contributed by atoms with Crippen molar-refractivity contribution in [3.05, 3.63) is 72.3 Å². The van der Waals surface area contributed by atoms with Crippen LogP contribution in [0.5, 0.6) is 0 Å². The number of methoxy groups -OCH3 is 1. The van der Waals surface area contributed by atoms with Crippen LogP contribution in [0.25, 0.3) is 0 Å². The monoisotopic (exact) mass is 341 g/mol. The minimum absolute atomic E-state index is 0.141. The average Bonchev–Trinajstić information content (AvgIpc) is 2.59. The number of anilines is 1. The number of esters is 1. The van der Waals surface area contributed by atoms with Gasteiger partial charge in [-0.1, -0.05) is 30.0 Å². The van der Waals surface area contributed by atoms with Crippen molar-refractivity contribution in [3.63, 3.8) is 0 Å². The van der Waals surface area contributed by atoms with Crippen LogP contribution in [-0.4, -0.2) is 21.5 Å². The summed E-state index contributed by atoms with van der Waals surface area (Å²) in [6.07, 6.45) is 2.57. The first kappa shape index (κ1) is 17.3.